The topological polar surface area (TPSA) is 108 Å². The molecule has 4 heterocycles. The number of hydrogen-bond acceptors (Lipinski definition) is 7. The number of aromatic nitrogens is 7. The zero-order valence-electron chi connectivity index (χ0n) is 15.6. The Kier molecular flexibility index (Phi) is 4.32. The van der Waals surface area contributed by atoms with E-state index in [9.17, 15) is 4.39 Å². The van der Waals surface area contributed by atoms with Crippen LogP contribution in [0.25, 0.3) is 33.8 Å². The van der Waals surface area contributed by atoms with Gasteiger partial charge in [0.2, 0.25) is 5.82 Å². The number of hydrogen-bond donors (Lipinski definition) is 1. The van der Waals surface area contributed by atoms with Crippen molar-refractivity contribution in [2.75, 3.05) is 5.73 Å². The Balaban J connectivity index is 1.60. The summed E-state index contributed by atoms with van der Waals surface area (Å²) in [5, 5.41) is 13.8. The molecule has 0 bridgehead atoms. The lowest BCUT2D eigenvalue weighted by Crippen LogP contribution is -2.06. The summed E-state index contributed by atoms with van der Waals surface area (Å²) in [5.41, 5.74) is 8.88. The molecule has 0 aliphatic rings. The van der Waals surface area contributed by atoms with Crippen LogP contribution in [0, 0.1) is 5.82 Å². The average molecular weight is 398 g/mol. The molecule has 0 saturated heterocycles. The molecule has 0 unspecified atom stereocenters. The summed E-state index contributed by atoms with van der Waals surface area (Å²) in [7, 11) is 0. The van der Waals surface area contributed by atoms with Crippen molar-refractivity contribution in [3.8, 4) is 22.8 Å². The molecule has 0 amide bonds. The van der Waals surface area contributed by atoms with E-state index in [4.69, 9.17) is 5.73 Å². The first-order chi connectivity index (χ1) is 14.7. The van der Waals surface area contributed by atoms with Crippen molar-refractivity contribution in [1.29, 1.82) is 0 Å². The molecule has 9 heteroatoms. The Bertz CT molecular complexity index is 1350. The van der Waals surface area contributed by atoms with Gasteiger partial charge in [0.05, 0.1) is 11.9 Å². The number of nitrogens with two attached hydrogens (primary N) is 1. The van der Waals surface area contributed by atoms with E-state index >= 15 is 0 Å². The lowest BCUT2D eigenvalue weighted by atomic mass is 10.2. The largest absolute Gasteiger partial charge is 0.382 e. The Hall–Kier alpha value is -4.27. The molecular formula is C21H15FN8. The molecular weight excluding hydrogens is 383 g/mol. The van der Waals surface area contributed by atoms with Crippen molar-refractivity contribution in [2.24, 2.45) is 0 Å². The minimum Gasteiger partial charge on any atom is -0.382 e. The van der Waals surface area contributed by atoms with Crippen LogP contribution in [0.3, 0.4) is 0 Å². The number of fused-ring (bicyclic) bond motifs is 1. The normalized spacial score (nSPS) is 11.1. The van der Waals surface area contributed by atoms with Gasteiger partial charge in [-0.25, -0.2) is 19.0 Å². The molecule has 146 valence electrons. The zero-order valence-corrected chi connectivity index (χ0v) is 15.6. The van der Waals surface area contributed by atoms with E-state index in [0.29, 0.717) is 22.6 Å². The van der Waals surface area contributed by atoms with Crippen LogP contribution in [-0.2, 0) is 6.54 Å². The minimum atomic E-state index is -0.304. The SMILES string of the molecule is Nc1nc(-c2nn(Cc3ccccc3F)c3ncccc23)nnc1-c1cccnc1. The van der Waals surface area contributed by atoms with Gasteiger partial charge in [-0.1, -0.05) is 18.2 Å². The lowest BCUT2D eigenvalue weighted by Gasteiger charge is -2.04. The number of halogens is 1. The Morgan fingerprint density at radius 1 is 0.933 bits per heavy atom. The molecule has 8 nitrogen and oxygen atoms in total. The monoisotopic (exact) mass is 398 g/mol. The molecule has 5 aromatic rings. The van der Waals surface area contributed by atoms with Gasteiger partial charge in [0.25, 0.3) is 0 Å². The second-order valence-electron chi connectivity index (χ2n) is 6.58. The van der Waals surface area contributed by atoms with Crippen molar-refractivity contribution in [3.05, 3.63) is 78.5 Å². The van der Waals surface area contributed by atoms with Crippen LogP contribution in [0.2, 0.25) is 0 Å². The van der Waals surface area contributed by atoms with Crippen molar-refractivity contribution in [1.82, 2.24) is 34.9 Å². The fourth-order valence-electron chi connectivity index (χ4n) is 3.22. The Labute approximate surface area is 170 Å². The van der Waals surface area contributed by atoms with Gasteiger partial charge in [0.1, 0.15) is 17.2 Å². The molecule has 5 rings (SSSR count). The van der Waals surface area contributed by atoms with Crippen LogP contribution in [0.15, 0.2) is 67.1 Å². The molecule has 4 aromatic heterocycles. The third kappa shape index (κ3) is 3.12. The first-order valence-corrected chi connectivity index (χ1v) is 9.16. The van der Waals surface area contributed by atoms with E-state index < -0.39 is 0 Å². The van der Waals surface area contributed by atoms with Gasteiger partial charge in [0, 0.05) is 29.7 Å². The maximum absolute atomic E-state index is 14.1. The standard InChI is InChI=1S/C21H15FN8/c22-16-8-2-1-5-14(16)12-30-21-15(7-4-10-25-21)18(29-30)20-26-19(23)17(27-28-20)13-6-3-9-24-11-13/h1-11H,12H2,(H2,23,26,28). The van der Waals surface area contributed by atoms with E-state index in [-0.39, 0.29) is 24.0 Å². The second kappa shape index (κ2) is 7.28. The maximum atomic E-state index is 14.1. The highest BCUT2D eigenvalue weighted by Crippen LogP contribution is 2.27. The van der Waals surface area contributed by atoms with Crippen LogP contribution in [0.5, 0.6) is 0 Å². The summed E-state index contributed by atoms with van der Waals surface area (Å²) < 4.78 is 15.8. The number of pyridine rings is 2. The summed E-state index contributed by atoms with van der Waals surface area (Å²) in [4.78, 5) is 12.9. The number of anilines is 1. The van der Waals surface area contributed by atoms with Gasteiger partial charge < -0.3 is 5.73 Å². The molecule has 0 fully saturated rings. The zero-order chi connectivity index (χ0) is 20.5. The molecule has 0 radical (unpaired) electrons. The van der Waals surface area contributed by atoms with Crippen molar-refractivity contribution in [2.45, 2.75) is 6.54 Å². The van der Waals surface area contributed by atoms with Crippen molar-refractivity contribution < 1.29 is 4.39 Å². The van der Waals surface area contributed by atoms with Gasteiger partial charge in [-0.3, -0.25) is 4.98 Å². The van der Waals surface area contributed by atoms with Gasteiger partial charge in [-0.2, -0.15) is 5.10 Å². The van der Waals surface area contributed by atoms with Gasteiger partial charge in [0.15, 0.2) is 11.5 Å². The predicted molar refractivity (Wildman–Crippen MR) is 109 cm³/mol. The first-order valence-electron chi connectivity index (χ1n) is 9.16. The smallest absolute Gasteiger partial charge is 0.204 e. The highest BCUT2D eigenvalue weighted by Gasteiger charge is 2.18. The molecule has 0 spiro atoms. The van der Waals surface area contributed by atoms with E-state index in [0.717, 1.165) is 10.9 Å². The van der Waals surface area contributed by atoms with Crippen molar-refractivity contribution >= 4 is 16.9 Å². The summed E-state index contributed by atoms with van der Waals surface area (Å²) >= 11 is 0. The highest BCUT2D eigenvalue weighted by atomic mass is 19.1. The highest BCUT2D eigenvalue weighted by molar-refractivity contribution is 5.89. The molecule has 0 saturated carbocycles. The van der Waals surface area contributed by atoms with Crippen LogP contribution >= 0.6 is 0 Å². The minimum absolute atomic E-state index is 0.216. The summed E-state index contributed by atoms with van der Waals surface area (Å²) in [6, 6.07) is 13.8. The molecule has 0 aliphatic carbocycles. The fourth-order valence-corrected chi connectivity index (χ4v) is 3.22. The third-order valence-corrected chi connectivity index (χ3v) is 4.65. The molecule has 0 atom stereocenters. The summed E-state index contributed by atoms with van der Waals surface area (Å²) in [6.07, 6.45) is 4.96. The quantitative estimate of drug-likeness (QED) is 0.495. The van der Waals surface area contributed by atoms with E-state index in [1.807, 2.05) is 12.1 Å². The predicted octanol–water partition coefficient (Wildman–Crippen LogP) is 3.11. The van der Waals surface area contributed by atoms with E-state index in [1.54, 1.807) is 53.6 Å². The van der Waals surface area contributed by atoms with E-state index in [1.165, 1.54) is 6.07 Å². The average Bonchev–Trinajstić information content (AvgIpc) is 3.14. The molecule has 1 aromatic carbocycles. The van der Waals surface area contributed by atoms with Crippen LogP contribution < -0.4 is 5.73 Å². The Morgan fingerprint density at radius 2 is 1.80 bits per heavy atom. The number of benzene rings is 1. The number of nitrogens with zero attached hydrogens (tertiary/aromatic N) is 7. The third-order valence-electron chi connectivity index (χ3n) is 4.65. The van der Waals surface area contributed by atoms with Crippen LogP contribution in [0.4, 0.5) is 10.2 Å². The summed E-state index contributed by atoms with van der Waals surface area (Å²) in [6.45, 7) is 0.219. The molecule has 0 aliphatic heterocycles. The summed E-state index contributed by atoms with van der Waals surface area (Å²) in [5.74, 6) is 0.181. The van der Waals surface area contributed by atoms with Crippen LogP contribution in [-0.4, -0.2) is 34.9 Å². The number of rotatable bonds is 4. The lowest BCUT2D eigenvalue weighted by molar-refractivity contribution is 0.589. The van der Waals surface area contributed by atoms with Crippen LogP contribution in [0.1, 0.15) is 5.56 Å². The molecule has 2 N–H and O–H groups in total. The van der Waals surface area contributed by atoms with Crippen molar-refractivity contribution in [3.63, 3.8) is 0 Å². The second-order valence-corrected chi connectivity index (χ2v) is 6.58. The molecule has 30 heavy (non-hydrogen) atoms. The number of nitrogen functional groups attached to an aromatic ring is 1. The Morgan fingerprint density at radius 3 is 2.60 bits per heavy atom. The fraction of sp³-hybridized carbons (Fsp3) is 0.0476. The van der Waals surface area contributed by atoms with E-state index in [2.05, 4.69) is 30.2 Å². The van der Waals surface area contributed by atoms with Gasteiger partial charge in [-0.15, -0.1) is 10.2 Å². The maximum Gasteiger partial charge on any atom is 0.204 e. The first kappa shape index (κ1) is 17.8. The van der Waals surface area contributed by atoms with Gasteiger partial charge in [-0.05, 0) is 30.3 Å². The van der Waals surface area contributed by atoms with Gasteiger partial charge >= 0.3 is 0 Å².